The van der Waals surface area contributed by atoms with Gasteiger partial charge in [-0.1, -0.05) is 0 Å². The minimum absolute atomic E-state index is 0.393. The second-order valence-electron chi connectivity index (χ2n) is 3.87. The van der Waals surface area contributed by atoms with Gasteiger partial charge in [0.05, 0.1) is 6.61 Å². The molecule has 0 spiro atoms. The van der Waals surface area contributed by atoms with Crippen LogP contribution in [0.1, 0.15) is 18.3 Å². The fourth-order valence-corrected chi connectivity index (χ4v) is 2.37. The molecule has 7 heteroatoms. The number of nitrogens with two attached hydrogens (primary N) is 1. The zero-order valence-electron chi connectivity index (χ0n) is 11.0. The molecule has 0 saturated heterocycles. The topological polar surface area (TPSA) is 86.8 Å². The molecule has 0 fully saturated rings. The Morgan fingerprint density at radius 2 is 1.89 bits per heavy atom. The van der Waals surface area contributed by atoms with Crippen LogP contribution >= 0.6 is 11.8 Å². The molecule has 0 aliphatic heterocycles. The maximum atomic E-state index is 5.97. The zero-order chi connectivity index (χ0) is 13.8. The fraction of sp³-hybridized carbons (Fsp3) is 0.333. The molecule has 2 heterocycles. The van der Waals surface area contributed by atoms with Crippen LogP contribution in [0, 0.1) is 13.8 Å². The van der Waals surface area contributed by atoms with Gasteiger partial charge in [-0.25, -0.2) is 15.0 Å². The lowest BCUT2D eigenvalue weighted by molar-refractivity contribution is 0.327. The van der Waals surface area contributed by atoms with Gasteiger partial charge in [-0.15, -0.1) is 0 Å². The van der Waals surface area contributed by atoms with E-state index in [1.165, 1.54) is 18.1 Å². The van der Waals surface area contributed by atoms with Crippen molar-refractivity contribution in [2.45, 2.75) is 31.0 Å². The molecular weight excluding hydrogens is 262 g/mol. The van der Waals surface area contributed by atoms with Gasteiger partial charge < -0.3 is 10.5 Å². The minimum Gasteiger partial charge on any atom is -0.476 e. The highest BCUT2D eigenvalue weighted by atomic mass is 32.2. The summed E-state index contributed by atoms with van der Waals surface area (Å²) >= 11 is 1.30. The third kappa shape index (κ3) is 3.31. The largest absolute Gasteiger partial charge is 0.476 e. The maximum absolute atomic E-state index is 5.97. The third-order valence-electron chi connectivity index (χ3n) is 2.24. The molecule has 0 atom stereocenters. The number of ether oxygens (including phenoxy) is 1. The van der Waals surface area contributed by atoms with Gasteiger partial charge in [-0.2, -0.15) is 4.98 Å². The van der Waals surface area contributed by atoms with Gasteiger partial charge in [-0.05, 0) is 38.6 Å². The first-order valence-corrected chi connectivity index (χ1v) is 6.65. The Bertz CT molecular complexity index is 570. The number of aromatic nitrogens is 4. The molecule has 2 aromatic rings. The van der Waals surface area contributed by atoms with Crippen LogP contribution in [0.5, 0.6) is 5.88 Å². The number of hydrogen-bond donors (Lipinski definition) is 1. The summed E-state index contributed by atoms with van der Waals surface area (Å²) < 4.78 is 5.33. The lowest BCUT2D eigenvalue weighted by atomic mass is 10.4. The SMILES string of the molecule is CCOc1ncnc(Sc2nc(C)cc(C)n2)c1N. The van der Waals surface area contributed by atoms with Crippen LogP contribution in [0.15, 0.2) is 22.6 Å². The molecule has 0 unspecified atom stereocenters. The van der Waals surface area contributed by atoms with Gasteiger partial charge in [0, 0.05) is 11.4 Å². The van der Waals surface area contributed by atoms with Crippen molar-refractivity contribution < 1.29 is 4.74 Å². The first-order valence-electron chi connectivity index (χ1n) is 5.83. The van der Waals surface area contributed by atoms with Gasteiger partial charge in [0.15, 0.2) is 5.16 Å². The Hall–Kier alpha value is -1.89. The Kier molecular flexibility index (Phi) is 4.16. The molecule has 0 bridgehead atoms. The summed E-state index contributed by atoms with van der Waals surface area (Å²) in [5.74, 6) is 0.393. The van der Waals surface area contributed by atoms with Crippen molar-refractivity contribution in [3.8, 4) is 5.88 Å². The average molecular weight is 277 g/mol. The molecule has 0 saturated carbocycles. The van der Waals surface area contributed by atoms with E-state index in [0.29, 0.717) is 28.4 Å². The minimum atomic E-state index is 0.393. The highest BCUT2D eigenvalue weighted by Crippen LogP contribution is 2.32. The van der Waals surface area contributed by atoms with Crippen molar-refractivity contribution >= 4 is 17.4 Å². The monoisotopic (exact) mass is 277 g/mol. The number of rotatable bonds is 4. The fourth-order valence-electron chi connectivity index (χ4n) is 1.52. The van der Waals surface area contributed by atoms with E-state index < -0.39 is 0 Å². The Morgan fingerprint density at radius 3 is 2.53 bits per heavy atom. The van der Waals surface area contributed by atoms with Crippen LogP contribution in [0.4, 0.5) is 5.69 Å². The predicted octanol–water partition coefficient (Wildman–Crippen LogP) is 2.02. The van der Waals surface area contributed by atoms with Gasteiger partial charge in [0.1, 0.15) is 17.0 Å². The molecule has 2 aromatic heterocycles. The van der Waals surface area contributed by atoms with Crippen molar-refractivity contribution in [2.24, 2.45) is 0 Å². The van der Waals surface area contributed by atoms with Crippen LogP contribution < -0.4 is 10.5 Å². The summed E-state index contributed by atoms with van der Waals surface area (Å²) in [4.78, 5) is 16.8. The molecule has 6 nitrogen and oxygen atoms in total. The molecule has 0 amide bonds. The summed E-state index contributed by atoms with van der Waals surface area (Å²) in [7, 11) is 0. The van der Waals surface area contributed by atoms with Crippen molar-refractivity contribution in [1.29, 1.82) is 0 Å². The smallest absolute Gasteiger partial charge is 0.241 e. The molecule has 2 N–H and O–H groups in total. The number of anilines is 1. The van der Waals surface area contributed by atoms with Crippen LogP contribution in [-0.2, 0) is 0 Å². The van der Waals surface area contributed by atoms with E-state index in [-0.39, 0.29) is 0 Å². The summed E-state index contributed by atoms with van der Waals surface area (Å²) in [6.45, 7) is 6.23. The van der Waals surface area contributed by atoms with E-state index in [0.717, 1.165) is 11.4 Å². The first-order chi connectivity index (χ1) is 9.10. The van der Waals surface area contributed by atoms with E-state index in [4.69, 9.17) is 10.5 Å². The summed E-state index contributed by atoms with van der Waals surface area (Å²) in [6, 6.07) is 1.92. The van der Waals surface area contributed by atoms with Crippen LogP contribution in [0.3, 0.4) is 0 Å². The van der Waals surface area contributed by atoms with E-state index in [1.54, 1.807) is 0 Å². The Labute approximate surface area is 115 Å². The molecule has 2 rings (SSSR count). The zero-order valence-corrected chi connectivity index (χ0v) is 11.9. The maximum Gasteiger partial charge on any atom is 0.241 e. The van der Waals surface area contributed by atoms with Crippen molar-refractivity contribution in [2.75, 3.05) is 12.3 Å². The molecule has 0 aliphatic carbocycles. The summed E-state index contributed by atoms with van der Waals surface area (Å²) in [5, 5.41) is 1.22. The second-order valence-corrected chi connectivity index (χ2v) is 4.82. The highest BCUT2D eigenvalue weighted by molar-refractivity contribution is 7.99. The lowest BCUT2D eigenvalue weighted by Crippen LogP contribution is -2.02. The molecule has 0 aromatic carbocycles. The van der Waals surface area contributed by atoms with Crippen molar-refractivity contribution in [3.05, 3.63) is 23.8 Å². The number of nitrogens with zero attached hydrogens (tertiary/aromatic N) is 4. The van der Waals surface area contributed by atoms with Gasteiger partial charge in [0.25, 0.3) is 0 Å². The molecular formula is C12H15N5OS. The first kappa shape index (κ1) is 13.5. The molecule has 0 radical (unpaired) electrons. The lowest BCUT2D eigenvalue weighted by Gasteiger charge is -2.08. The molecule has 0 aliphatic rings. The molecule has 19 heavy (non-hydrogen) atoms. The summed E-state index contributed by atoms with van der Waals surface area (Å²) in [6.07, 6.45) is 1.42. The standard InChI is InChI=1S/C12H15N5OS/c1-4-18-10-9(13)11(15-6-14-10)19-12-16-7(2)5-8(3)17-12/h5-6H,4,13H2,1-3H3. The normalized spacial score (nSPS) is 10.5. The van der Waals surface area contributed by atoms with Crippen molar-refractivity contribution in [3.63, 3.8) is 0 Å². The van der Waals surface area contributed by atoms with Gasteiger partial charge in [0.2, 0.25) is 5.88 Å². The van der Waals surface area contributed by atoms with E-state index in [9.17, 15) is 0 Å². The number of nitrogen functional groups attached to an aromatic ring is 1. The van der Waals surface area contributed by atoms with Gasteiger partial charge >= 0.3 is 0 Å². The predicted molar refractivity (Wildman–Crippen MR) is 73.2 cm³/mol. The molecule has 100 valence electrons. The van der Waals surface area contributed by atoms with E-state index in [2.05, 4.69) is 19.9 Å². The second kappa shape index (κ2) is 5.83. The van der Waals surface area contributed by atoms with Crippen molar-refractivity contribution in [1.82, 2.24) is 19.9 Å². The van der Waals surface area contributed by atoms with E-state index >= 15 is 0 Å². The average Bonchev–Trinajstić information content (AvgIpc) is 2.33. The van der Waals surface area contributed by atoms with E-state index in [1.807, 2.05) is 26.8 Å². The Morgan fingerprint density at radius 1 is 1.21 bits per heavy atom. The summed E-state index contributed by atoms with van der Waals surface area (Å²) in [5.41, 5.74) is 8.20. The quantitative estimate of drug-likeness (QED) is 0.675. The van der Waals surface area contributed by atoms with Gasteiger partial charge in [-0.3, -0.25) is 0 Å². The van der Waals surface area contributed by atoms with Crippen LogP contribution in [0.2, 0.25) is 0 Å². The Balaban J connectivity index is 2.30. The number of aryl methyl sites for hydroxylation is 2. The van der Waals surface area contributed by atoms with Crippen LogP contribution in [0.25, 0.3) is 0 Å². The highest BCUT2D eigenvalue weighted by Gasteiger charge is 2.12. The third-order valence-corrected chi connectivity index (χ3v) is 3.13. The number of hydrogen-bond acceptors (Lipinski definition) is 7. The van der Waals surface area contributed by atoms with Crippen LogP contribution in [-0.4, -0.2) is 26.5 Å².